The van der Waals surface area contributed by atoms with Gasteiger partial charge in [0.2, 0.25) is 0 Å². The zero-order valence-corrected chi connectivity index (χ0v) is 12.3. The Morgan fingerprint density at radius 1 is 1.09 bits per heavy atom. The lowest BCUT2D eigenvalue weighted by Gasteiger charge is -2.17. The first kappa shape index (κ1) is 14.3. The van der Waals surface area contributed by atoms with Gasteiger partial charge in [0.1, 0.15) is 11.9 Å². The number of nitrogens with one attached hydrogen (secondary N) is 1. The number of imidazole rings is 1. The number of aromatic nitrogens is 2. The summed E-state index contributed by atoms with van der Waals surface area (Å²) in [6, 6.07) is 18.2. The summed E-state index contributed by atoms with van der Waals surface area (Å²) in [7, 11) is 0. The number of ether oxygens (including phenoxy) is 1. The van der Waals surface area contributed by atoms with E-state index in [4.69, 9.17) is 4.74 Å². The lowest BCUT2D eigenvalue weighted by molar-refractivity contribution is 0.0724. The molecule has 0 radical (unpaired) electrons. The molecular weight excluding hydrogens is 272 g/mol. The molecule has 3 nitrogen and oxygen atoms in total. The molecule has 22 heavy (non-hydrogen) atoms. The van der Waals surface area contributed by atoms with E-state index in [1.807, 2.05) is 48.7 Å². The van der Waals surface area contributed by atoms with Gasteiger partial charge in [0.05, 0.1) is 6.61 Å². The quantitative estimate of drug-likeness (QED) is 0.678. The number of H-pyrrole nitrogens is 1. The molecule has 3 heteroatoms. The van der Waals surface area contributed by atoms with Gasteiger partial charge in [0.15, 0.2) is 0 Å². The highest BCUT2D eigenvalue weighted by Crippen LogP contribution is 2.29. The lowest BCUT2D eigenvalue weighted by Crippen LogP contribution is -2.04. The normalized spacial score (nSPS) is 12.0. The standard InChI is InChI=1S/C19H18N2O/c1-2-18(22-14-15-8-4-3-5-9-15)16-10-6-7-11-17(16)19-20-12-13-21-19/h2-13,18H,1,14H2,(H,20,21)/t18-/m0/s1. The van der Waals surface area contributed by atoms with E-state index in [0.717, 1.165) is 22.5 Å². The monoisotopic (exact) mass is 290 g/mol. The van der Waals surface area contributed by atoms with Gasteiger partial charge in [0.25, 0.3) is 0 Å². The third-order valence-electron chi connectivity index (χ3n) is 3.51. The van der Waals surface area contributed by atoms with E-state index in [0.29, 0.717) is 6.61 Å². The van der Waals surface area contributed by atoms with E-state index in [9.17, 15) is 0 Å². The van der Waals surface area contributed by atoms with Crippen LogP contribution in [0.4, 0.5) is 0 Å². The van der Waals surface area contributed by atoms with Gasteiger partial charge in [-0.2, -0.15) is 0 Å². The highest BCUT2D eigenvalue weighted by molar-refractivity contribution is 5.61. The molecular formula is C19H18N2O. The molecule has 2 aromatic carbocycles. The lowest BCUT2D eigenvalue weighted by atomic mass is 10.0. The molecule has 1 N–H and O–H groups in total. The Morgan fingerprint density at radius 3 is 2.59 bits per heavy atom. The highest BCUT2D eigenvalue weighted by atomic mass is 16.5. The summed E-state index contributed by atoms with van der Waals surface area (Å²) in [4.78, 5) is 7.48. The van der Waals surface area contributed by atoms with E-state index in [2.05, 4.69) is 34.7 Å². The fourth-order valence-electron chi connectivity index (χ4n) is 2.42. The van der Waals surface area contributed by atoms with E-state index < -0.39 is 0 Å². The van der Waals surface area contributed by atoms with Crippen molar-refractivity contribution in [1.29, 1.82) is 0 Å². The summed E-state index contributed by atoms with van der Waals surface area (Å²) in [5, 5.41) is 0. The zero-order valence-electron chi connectivity index (χ0n) is 12.3. The minimum absolute atomic E-state index is 0.179. The maximum Gasteiger partial charge on any atom is 0.137 e. The molecule has 0 bridgehead atoms. The average molecular weight is 290 g/mol. The van der Waals surface area contributed by atoms with Crippen LogP contribution in [0.2, 0.25) is 0 Å². The molecule has 0 aliphatic carbocycles. The molecule has 0 amide bonds. The Balaban J connectivity index is 1.83. The molecule has 0 fully saturated rings. The minimum atomic E-state index is -0.179. The van der Waals surface area contributed by atoms with Crippen LogP contribution in [0.3, 0.4) is 0 Å². The van der Waals surface area contributed by atoms with Crippen LogP contribution in [-0.2, 0) is 11.3 Å². The van der Waals surface area contributed by atoms with Crippen molar-refractivity contribution in [3.63, 3.8) is 0 Å². The van der Waals surface area contributed by atoms with E-state index >= 15 is 0 Å². The summed E-state index contributed by atoms with van der Waals surface area (Å²) in [5.74, 6) is 0.839. The second kappa shape index (κ2) is 6.87. The number of rotatable bonds is 6. The van der Waals surface area contributed by atoms with Gasteiger partial charge in [-0.15, -0.1) is 6.58 Å². The van der Waals surface area contributed by atoms with E-state index in [-0.39, 0.29) is 6.10 Å². The molecule has 0 saturated carbocycles. The SMILES string of the molecule is C=C[C@H](OCc1ccccc1)c1ccccc1-c1ncc[nH]1. The first-order valence-corrected chi connectivity index (χ1v) is 7.25. The van der Waals surface area contributed by atoms with Crippen molar-refractivity contribution in [3.8, 4) is 11.4 Å². The largest absolute Gasteiger partial charge is 0.365 e. The zero-order chi connectivity index (χ0) is 15.2. The molecule has 0 aliphatic rings. The summed E-state index contributed by atoms with van der Waals surface area (Å²) >= 11 is 0. The highest BCUT2D eigenvalue weighted by Gasteiger charge is 2.15. The molecule has 0 unspecified atom stereocenters. The van der Waals surface area contributed by atoms with Gasteiger partial charge in [-0.3, -0.25) is 0 Å². The summed E-state index contributed by atoms with van der Waals surface area (Å²) in [6.45, 7) is 4.46. The molecule has 3 aromatic rings. The number of hydrogen-bond donors (Lipinski definition) is 1. The summed E-state index contributed by atoms with van der Waals surface area (Å²) in [5.41, 5.74) is 3.23. The third kappa shape index (κ3) is 3.15. The van der Waals surface area contributed by atoms with Gasteiger partial charge in [-0.25, -0.2) is 4.98 Å². The Hall–Kier alpha value is -2.65. The molecule has 110 valence electrons. The van der Waals surface area contributed by atoms with Crippen molar-refractivity contribution in [3.05, 3.63) is 90.8 Å². The molecule has 3 rings (SSSR count). The van der Waals surface area contributed by atoms with Crippen LogP contribution in [0.5, 0.6) is 0 Å². The molecule has 0 aliphatic heterocycles. The second-order valence-corrected chi connectivity index (χ2v) is 4.98. The fourth-order valence-corrected chi connectivity index (χ4v) is 2.42. The molecule has 1 aromatic heterocycles. The van der Waals surface area contributed by atoms with Crippen molar-refractivity contribution in [2.45, 2.75) is 12.7 Å². The topological polar surface area (TPSA) is 37.9 Å². The van der Waals surface area contributed by atoms with Crippen molar-refractivity contribution in [2.75, 3.05) is 0 Å². The number of benzene rings is 2. The Kier molecular flexibility index (Phi) is 4.47. The van der Waals surface area contributed by atoms with Gasteiger partial charge in [-0.05, 0) is 11.1 Å². The van der Waals surface area contributed by atoms with Crippen molar-refractivity contribution < 1.29 is 4.74 Å². The van der Waals surface area contributed by atoms with Gasteiger partial charge >= 0.3 is 0 Å². The van der Waals surface area contributed by atoms with Crippen LogP contribution >= 0.6 is 0 Å². The third-order valence-corrected chi connectivity index (χ3v) is 3.51. The summed E-state index contributed by atoms with van der Waals surface area (Å²) in [6.07, 6.45) is 5.21. The predicted molar refractivity (Wildman–Crippen MR) is 88.2 cm³/mol. The average Bonchev–Trinajstić information content (AvgIpc) is 3.11. The Bertz CT molecular complexity index is 720. The molecule has 0 saturated heterocycles. The maximum atomic E-state index is 6.04. The molecule has 1 atom stereocenters. The van der Waals surface area contributed by atoms with E-state index in [1.165, 1.54) is 0 Å². The predicted octanol–water partition coefficient (Wildman–Crippen LogP) is 4.52. The van der Waals surface area contributed by atoms with Crippen LogP contribution in [0.25, 0.3) is 11.4 Å². The maximum absolute atomic E-state index is 6.04. The van der Waals surface area contributed by atoms with Crippen molar-refractivity contribution in [1.82, 2.24) is 9.97 Å². The van der Waals surface area contributed by atoms with Crippen molar-refractivity contribution in [2.24, 2.45) is 0 Å². The number of nitrogens with zero attached hydrogens (tertiary/aromatic N) is 1. The van der Waals surface area contributed by atoms with Crippen LogP contribution in [0, 0.1) is 0 Å². The first-order chi connectivity index (χ1) is 10.9. The molecule has 1 heterocycles. The number of hydrogen-bond acceptors (Lipinski definition) is 2. The first-order valence-electron chi connectivity index (χ1n) is 7.25. The van der Waals surface area contributed by atoms with Crippen molar-refractivity contribution >= 4 is 0 Å². The van der Waals surface area contributed by atoms with Gasteiger partial charge in [0, 0.05) is 18.0 Å². The Morgan fingerprint density at radius 2 is 1.86 bits per heavy atom. The number of aromatic amines is 1. The van der Waals surface area contributed by atoms with Crippen LogP contribution in [0.1, 0.15) is 17.2 Å². The minimum Gasteiger partial charge on any atom is -0.365 e. The van der Waals surface area contributed by atoms with Crippen LogP contribution in [-0.4, -0.2) is 9.97 Å². The fraction of sp³-hybridized carbons (Fsp3) is 0.105. The summed E-state index contributed by atoms with van der Waals surface area (Å²) < 4.78 is 6.04. The second-order valence-electron chi connectivity index (χ2n) is 4.98. The van der Waals surface area contributed by atoms with Gasteiger partial charge in [-0.1, -0.05) is 60.7 Å². The molecule has 0 spiro atoms. The van der Waals surface area contributed by atoms with Gasteiger partial charge < -0.3 is 9.72 Å². The van der Waals surface area contributed by atoms with Crippen LogP contribution in [0.15, 0.2) is 79.6 Å². The Labute approximate surface area is 130 Å². The van der Waals surface area contributed by atoms with Crippen LogP contribution < -0.4 is 0 Å². The smallest absolute Gasteiger partial charge is 0.137 e. The van der Waals surface area contributed by atoms with E-state index in [1.54, 1.807) is 6.20 Å².